The molecule has 0 bridgehead atoms. The van der Waals surface area contributed by atoms with E-state index in [1.54, 1.807) is 75.7 Å². The van der Waals surface area contributed by atoms with Gasteiger partial charge in [0.05, 0.1) is 12.5 Å². The molecule has 0 amide bonds. The largest absolute Gasteiger partial charge is 0.472 e. The van der Waals surface area contributed by atoms with Crippen LogP contribution in [0.3, 0.4) is 0 Å². The number of rotatable bonds is 0. The topological polar surface area (TPSA) is 26.3 Å². The van der Waals surface area contributed by atoms with Crippen LogP contribution in [0.5, 0.6) is 0 Å². The minimum Gasteiger partial charge on any atom is -0.472 e. The van der Waals surface area contributed by atoms with E-state index in [2.05, 4.69) is 199 Å². The Bertz CT molecular complexity index is 4200. The van der Waals surface area contributed by atoms with Crippen LogP contribution in [0.15, 0.2) is 149 Å². The molecule has 0 aliphatic carbocycles. The molecule has 84 heavy (non-hydrogen) atoms. The Balaban J connectivity index is 0.000000118. The van der Waals surface area contributed by atoms with Gasteiger partial charge in [-0.05, 0) is 113 Å². The Labute approximate surface area is 552 Å². The van der Waals surface area contributed by atoms with E-state index in [0.29, 0.717) is 116 Å². The zero-order valence-corrected chi connectivity index (χ0v) is 66.1. The first-order valence-electron chi connectivity index (χ1n) is 27.7. The molecule has 0 N–H and O–H groups in total. The Kier molecular flexibility index (Phi) is 23.3. The van der Waals surface area contributed by atoms with Crippen LogP contribution in [0.4, 0.5) is 0 Å². The number of thiophene rings is 2. The number of aryl methyl sites for hydroxylation is 16. The molecule has 2 nitrogen and oxygen atoms in total. The van der Waals surface area contributed by atoms with Gasteiger partial charge in [0.2, 0.25) is 0 Å². The van der Waals surface area contributed by atoms with Gasteiger partial charge < -0.3 is 8.83 Å². The predicted molar refractivity (Wildman–Crippen MR) is 383 cm³/mol. The van der Waals surface area contributed by atoms with Crippen molar-refractivity contribution in [2.75, 3.05) is 0 Å². The summed E-state index contributed by atoms with van der Waals surface area (Å²) in [5.41, 5.74) is 11.2. The fraction of sp³-hybridized carbons (Fsp3) is 0.222. The molecule has 0 unspecified atom stereocenters. The van der Waals surface area contributed by atoms with Crippen LogP contribution in [0.2, 0.25) is 0 Å². The average Bonchev–Trinajstić information content (AvgIpc) is 4.29. The standard InChI is InChI=1S/4C12H10Se2.2C6H8O.2C6H8S/c1-7-5-13-11-4-10-8(2)6-14-12(10)3-9(7)11;1-7-5-13-11-4-12-10(3-9(7)11)8(2)6-14-12;1-7-3-9-5-12-10(4-8(2)14-12)6-11(9)13-7;1-7-3-9-5-10-4-8(2)14-12(10)6-11(9)13-7;1-5-3-7-4-6(5)2;1-5-3-4-6(2)7-5;1-5-3-7-4-6(5)2;1-5-3-4-6(2)7-5/h4*3-6H,1-2H3;4*3-4H,1-2H3. The van der Waals surface area contributed by atoms with E-state index in [4.69, 9.17) is 8.83 Å². The fourth-order valence-electron chi connectivity index (χ4n) is 9.25. The molecule has 0 fully saturated rings. The second-order valence-electron chi connectivity index (χ2n) is 21.4. The van der Waals surface area contributed by atoms with Gasteiger partial charge in [-0.3, -0.25) is 0 Å². The first-order chi connectivity index (χ1) is 40.1. The van der Waals surface area contributed by atoms with Gasteiger partial charge in [0.25, 0.3) is 0 Å². The molecule has 0 saturated carbocycles. The molecule has 4 aromatic carbocycles. The Morgan fingerprint density at radius 2 is 0.619 bits per heavy atom. The van der Waals surface area contributed by atoms with Gasteiger partial charge in [-0.2, -0.15) is 11.3 Å². The minimum atomic E-state index is 0.588. The Morgan fingerprint density at radius 3 is 0.905 bits per heavy atom. The Morgan fingerprint density at radius 1 is 0.298 bits per heavy atom. The van der Waals surface area contributed by atoms with Crippen LogP contribution in [-0.4, -0.2) is 116 Å². The van der Waals surface area contributed by atoms with Crippen LogP contribution < -0.4 is 0 Å². The van der Waals surface area contributed by atoms with E-state index in [1.807, 2.05) is 51.2 Å². The number of hydrogen-bond acceptors (Lipinski definition) is 4. The normalized spacial score (nSPS) is 10.9. The summed E-state index contributed by atoms with van der Waals surface area (Å²) in [6.07, 6.45) is 3.49. The van der Waals surface area contributed by atoms with Crippen molar-refractivity contribution in [3.8, 4) is 0 Å². The number of benzene rings is 4. The van der Waals surface area contributed by atoms with Gasteiger partial charge >= 0.3 is 381 Å². The smallest absolute Gasteiger partial charge is 0.101 e. The van der Waals surface area contributed by atoms with Gasteiger partial charge in [-0.25, -0.2) is 0 Å². The van der Waals surface area contributed by atoms with Gasteiger partial charge in [-0.15, -0.1) is 11.3 Å². The van der Waals surface area contributed by atoms with Crippen LogP contribution in [0, 0.1) is 111 Å². The fourth-order valence-corrected chi connectivity index (χ4v) is 27.7. The molecule has 12 heteroatoms. The van der Waals surface area contributed by atoms with Gasteiger partial charge in [0.1, 0.15) is 11.5 Å². The molecule has 0 aliphatic heterocycles. The van der Waals surface area contributed by atoms with Crippen molar-refractivity contribution in [2.24, 2.45) is 0 Å². The molecular weight excluding hydrogens is 1590 g/mol. The van der Waals surface area contributed by atoms with Crippen LogP contribution >= 0.6 is 22.7 Å². The zero-order valence-electron chi connectivity index (χ0n) is 50.8. The average molecular weight is 1670 g/mol. The molecule has 16 rings (SSSR count). The van der Waals surface area contributed by atoms with E-state index in [-0.39, 0.29) is 0 Å². The minimum absolute atomic E-state index is 0.588. The van der Waals surface area contributed by atoms with Crippen molar-refractivity contribution in [2.45, 2.75) is 111 Å². The van der Waals surface area contributed by atoms with E-state index in [1.165, 1.54) is 97.4 Å². The molecule has 0 atom stereocenters. The van der Waals surface area contributed by atoms with E-state index in [9.17, 15) is 0 Å². The van der Waals surface area contributed by atoms with Crippen molar-refractivity contribution in [1.82, 2.24) is 0 Å². The maximum atomic E-state index is 5.08. The number of hydrogen-bond donors (Lipinski definition) is 0. The summed E-state index contributed by atoms with van der Waals surface area (Å²) in [7, 11) is 0. The summed E-state index contributed by atoms with van der Waals surface area (Å²) < 4.78 is 28.9. The summed E-state index contributed by atoms with van der Waals surface area (Å²) in [5, 5.41) is 16.3. The van der Waals surface area contributed by atoms with Crippen molar-refractivity contribution < 1.29 is 8.83 Å². The molecule has 12 heterocycles. The molecule has 16 aromatic rings. The molecule has 12 aromatic heterocycles. The Hall–Kier alpha value is -3.08. The summed E-state index contributed by atoms with van der Waals surface area (Å²) >= 11 is 8.39. The third-order valence-corrected chi connectivity index (χ3v) is 33.4. The number of fused-ring (bicyclic) bond motifs is 8. The van der Waals surface area contributed by atoms with Crippen molar-refractivity contribution in [1.29, 1.82) is 0 Å². The molecular formula is C72H72O2S2Se8. The summed E-state index contributed by atoms with van der Waals surface area (Å²) in [6.45, 7) is 34.4. The van der Waals surface area contributed by atoms with E-state index in [0.717, 1.165) is 11.5 Å². The SMILES string of the molecule is Cc1c[se]c2cc3[se]cc(C)c3cc12.Cc1c[se]c2cc3c(C)c[se]c3cc12.Cc1cc2cc3[se]c(C)cc3cc2[se]1.Cc1cc2cc3cc(C)[se]c3cc2[se]1.Cc1ccc(C)o1.Cc1ccc(C)s1.Cc1cocc1C.Cc1cscc1C. The first kappa shape index (κ1) is 65.4. The molecule has 0 aliphatic rings. The second-order valence-corrected chi connectivity index (χ2v) is 42.1. The summed E-state index contributed by atoms with van der Waals surface area (Å²) in [4.78, 5) is 12.4. The van der Waals surface area contributed by atoms with E-state index < -0.39 is 0 Å². The van der Waals surface area contributed by atoms with E-state index >= 15 is 0 Å². The predicted octanol–water partition coefficient (Wildman–Crippen LogP) is 19.4. The van der Waals surface area contributed by atoms with Crippen LogP contribution in [-0.2, 0) is 0 Å². The maximum absolute atomic E-state index is 5.08. The summed E-state index contributed by atoms with van der Waals surface area (Å²) in [6, 6.07) is 37.0. The maximum Gasteiger partial charge on any atom is 0.101 e. The molecule has 0 saturated heterocycles. The first-order valence-corrected chi connectivity index (χ1v) is 43.7. The zero-order chi connectivity index (χ0) is 59.9. The molecule has 0 radical (unpaired) electrons. The third-order valence-electron chi connectivity index (χ3n) is 14.1. The van der Waals surface area contributed by atoms with Gasteiger partial charge in [0.15, 0.2) is 0 Å². The van der Waals surface area contributed by atoms with Crippen molar-refractivity contribution >= 4 is 216 Å². The van der Waals surface area contributed by atoms with Gasteiger partial charge in [-0.1, -0.05) is 0 Å². The monoisotopic (exact) mass is 1670 g/mol. The van der Waals surface area contributed by atoms with Crippen molar-refractivity contribution in [3.63, 3.8) is 0 Å². The summed E-state index contributed by atoms with van der Waals surface area (Å²) in [5.74, 6) is 1.97. The molecule has 432 valence electrons. The van der Waals surface area contributed by atoms with Crippen LogP contribution in [0.1, 0.15) is 83.5 Å². The quantitative estimate of drug-likeness (QED) is 0.141. The number of furan rings is 2. The van der Waals surface area contributed by atoms with Crippen LogP contribution in [0.25, 0.3) is 77.2 Å². The second kappa shape index (κ2) is 29.9. The van der Waals surface area contributed by atoms with Gasteiger partial charge in [0, 0.05) is 9.75 Å². The third kappa shape index (κ3) is 17.2. The van der Waals surface area contributed by atoms with Crippen molar-refractivity contribution in [3.05, 3.63) is 224 Å². The molecule has 0 spiro atoms.